The number of ketones is 2. The van der Waals surface area contributed by atoms with Gasteiger partial charge in [0.05, 0.1) is 11.6 Å². The fourth-order valence-electron chi connectivity index (χ4n) is 2.86. The van der Waals surface area contributed by atoms with Gasteiger partial charge in [-0.3, -0.25) is 29.0 Å². The van der Waals surface area contributed by atoms with Crippen molar-refractivity contribution in [3.8, 4) is 0 Å². The van der Waals surface area contributed by atoms with E-state index < -0.39 is 47.1 Å². The lowest BCUT2D eigenvalue weighted by atomic mass is 9.73. The Kier molecular flexibility index (Phi) is 9.96. The fourth-order valence-corrected chi connectivity index (χ4v) is 3.03. The van der Waals surface area contributed by atoms with Crippen molar-refractivity contribution in [3.63, 3.8) is 0 Å². The molecule has 0 saturated carbocycles. The normalized spacial score (nSPS) is 12.9. The molecule has 32 heavy (non-hydrogen) atoms. The molecule has 0 radical (unpaired) electrons. The number of aromatic nitrogens is 1. The molecule has 0 fully saturated rings. The predicted molar refractivity (Wildman–Crippen MR) is 114 cm³/mol. The number of halogens is 1. The lowest BCUT2D eigenvalue weighted by Gasteiger charge is -2.32. The van der Waals surface area contributed by atoms with Crippen LogP contribution in [0.4, 0.5) is 0 Å². The van der Waals surface area contributed by atoms with Crippen LogP contribution in [0, 0.1) is 5.41 Å². The van der Waals surface area contributed by atoms with Gasteiger partial charge in [0.15, 0.2) is 23.6 Å². The van der Waals surface area contributed by atoms with E-state index >= 15 is 0 Å². The summed E-state index contributed by atoms with van der Waals surface area (Å²) in [6.45, 7) is 6.80. The molecule has 1 aromatic rings. The van der Waals surface area contributed by atoms with Crippen LogP contribution in [-0.2, 0) is 33.4 Å². The van der Waals surface area contributed by atoms with E-state index in [-0.39, 0.29) is 36.5 Å². The Balaban J connectivity index is 3.50. The topological polar surface area (TPSA) is 126 Å². The van der Waals surface area contributed by atoms with Crippen LogP contribution < -0.4 is 0 Å². The molecule has 10 heteroatoms. The number of Topliss-reactive ketones (excluding diaryl/α,β-unsaturated/α-hetero) is 2. The first-order valence-electron chi connectivity index (χ1n) is 10.0. The smallest absolute Gasteiger partial charge is 0.328 e. The Morgan fingerprint density at radius 3 is 2.25 bits per heavy atom. The molecular weight excluding hydrogens is 442 g/mol. The van der Waals surface area contributed by atoms with E-state index in [9.17, 15) is 24.0 Å². The summed E-state index contributed by atoms with van der Waals surface area (Å²) in [6.07, 6.45) is 1.91. The number of esters is 3. The molecule has 0 spiro atoms. The van der Waals surface area contributed by atoms with Gasteiger partial charge in [-0.2, -0.15) is 0 Å². The van der Waals surface area contributed by atoms with Crippen LogP contribution in [0.5, 0.6) is 0 Å². The number of ether oxygens (including phenoxy) is 3. The van der Waals surface area contributed by atoms with Gasteiger partial charge in [-0.15, -0.1) is 0 Å². The second kappa shape index (κ2) is 11.7. The standard InChI is InChI=1S/C22H28ClNO8/c1-6-30-18(27)8-7-9-22(17(26)13-31-14(2)25,20(29)32-21(3,4)5)19(28)15-10-16(23)12-24-11-15/h10-12H,6-9,13H2,1-5H3. The van der Waals surface area contributed by atoms with Gasteiger partial charge in [0.1, 0.15) is 5.60 Å². The second-order valence-electron chi connectivity index (χ2n) is 7.99. The summed E-state index contributed by atoms with van der Waals surface area (Å²) in [5.74, 6) is -4.32. The Bertz CT molecular complexity index is 877. The van der Waals surface area contributed by atoms with Crippen LogP contribution in [0.1, 0.15) is 64.2 Å². The zero-order chi connectivity index (χ0) is 24.5. The maximum absolute atomic E-state index is 13.6. The SMILES string of the molecule is CCOC(=O)CCCC(C(=O)COC(C)=O)(C(=O)OC(C)(C)C)C(=O)c1cncc(Cl)c1. The predicted octanol–water partition coefficient (Wildman–Crippen LogP) is 3.11. The zero-order valence-corrected chi connectivity index (χ0v) is 19.6. The first-order valence-corrected chi connectivity index (χ1v) is 10.4. The summed E-state index contributed by atoms with van der Waals surface area (Å²) in [5, 5.41) is 0.118. The van der Waals surface area contributed by atoms with Gasteiger partial charge < -0.3 is 14.2 Å². The summed E-state index contributed by atoms with van der Waals surface area (Å²) >= 11 is 5.94. The Morgan fingerprint density at radius 1 is 1.06 bits per heavy atom. The Labute approximate surface area is 191 Å². The number of hydrogen-bond donors (Lipinski definition) is 0. The van der Waals surface area contributed by atoms with Gasteiger partial charge in [-0.1, -0.05) is 11.6 Å². The molecule has 0 N–H and O–H groups in total. The van der Waals surface area contributed by atoms with Crippen molar-refractivity contribution in [2.45, 2.75) is 59.5 Å². The van der Waals surface area contributed by atoms with Gasteiger partial charge in [0.25, 0.3) is 0 Å². The van der Waals surface area contributed by atoms with E-state index in [1.54, 1.807) is 27.7 Å². The molecule has 1 atom stereocenters. The molecule has 0 aliphatic heterocycles. The molecule has 0 saturated heterocycles. The van der Waals surface area contributed by atoms with Crippen LogP contribution in [0.25, 0.3) is 0 Å². The van der Waals surface area contributed by atoms with Crippen molar-refractivity contribution in [2.75, 3.05) is 13.2 Å². The molecule has 0 bridgehead atoms. The van der Waals surface area contributed by atoms with Crippen molar-refractivity contribution >= 4 is 41.1 Å². The van der Waals surface area contributed by atoms with Crippen LogP contribution in [-0.4, -0.2) is 53.3 Å². The summed E-state index contributed by atoms with van der Waals surface area (Å²) in [6, 6.07) is 1.26. The highest BCUT2D eigenvalue weighted by Gasteiger charge is 2.54. The molecule has 0 aromatic carbocycles. The van der Waals surface area contributed by atoms with E-state index in [1.807, 2.05) is 0 Å². The summed E-state index contributed by atoms with van der Waals surface area (Å²) in [5.41, 5.74) is -3.50. The van der Waals surface area contributed by atoms with Crippen molar-refractivity contribution in [1.82, 2.24) is 4.98 Å². The first-order chi connectivity index (χ1) is 14.8. The second-order valence-corrected chi connectivity index (χ2v) is 8.43. The third kappa shape index (κ3) is 7.71. The lowest BCUT2D eigenvalue weighted by molar-refractivity contribution is -0.170. The minimum atomic E-state index is -2.37. The number of pyridine rings is 1. The molecule has 9 nitrogen and oxygen atoms in total. The monoisotopic (exact) mass is 469 g/mol. The molecule has 1 rings (SSSR count). The van der Waals surface area contributed by atoms with Crippen LogP contribution in [0.2, 0.25) is 5.02 Å². The van der Waals surface area contributed by atoms with Crippen LogP contribution >= 0.6 is 11.6 Å². The Morgan fingerprint density at radius 2 is 1.72 bits per heavy atom. The van der Waals surface area contributed by atoms with Gasteiger partial charge in [0.2, 0.25) is 0 Å². The molecule has 1 aromatic heterocycles. The molecule has 1 heterocycles. The fraction of sp³-hybridized carbons (Fsp3) is 0.545. The van der Waals surface area contributed by atoms with Gasteiger partial charge >= 0.3 is 17.9 Å². The highest BCUT2D eigenvalue weighted by Crippen LogP contribution is 2.35. The van der Waals surface area contributed by atoms with Gasteiger partial charge in [-0.25, -0.2) is 0 Å². The number of rotatable bonds is 11. The summed E-state index contributed by atoms with van der Waals surface area (Å²) in [7, 11) is 0. The number of carbonyl (C=O) groups excluding carboxylic acids is 5. The lowest BCUT2D eigenvalue weighted by Crippen LogP contribution is -2.51. The van der Waals surface area contributed by atoms with E-state index in [4.69, 9.17) is 25.8 Å². The maximum Gasteiger partial charge on any atom is 0.328 e. The molecule has 0 aliphatic rings. The van der Waals surface area contributed by atoms with Crippen LogP contribution in [0.15, 0.2) is 18.5 Å². The number of hydrogen-bond acceptors (Lipinski definition) is 9. The average molecular weight is 470 g/mol. The van der Waals surface area contributed by atoms with E-state index in [2.05, 4.69) is 4.98 Å². The van der Waals surface area contributed by atoms with E-state index in [0.717, 1.165) is 13.1 Å². The van der Waals surface area contributed by atoms with Gasteiger partial charge in [0, 0.05) is 31.3 Å². The van der Waals surface area contributed by atoms with Crippen molar-refractivity contribution in [3.05, 3.63) is 29.0 Å². The molecule has 0 aliphatic carbocycles. The molecule has 176 valence electrons. The van der Waals surface area contributed by atoms with E-state index in [0.29, 0.717) is 0 Å². The third-order valence-electron chi connectivity index (χ3n) is 4.22. The summed E-state index contributed by atoms with van der Waals surface area (Å²) in [4.78, 5) is 67.0. The largest absolute Gasteiger partial charge is 0.466 e. The zero-order valence-electron chi connectivity index (χ0n) is 18.9. The van der Waals surface area contributed by atoms with Crippen LogP contribution in [0.3, 0.4) is 0 Å². The molecule has 1 unspecified atom stereocenters. The van der Waals surface area contributed by atoms with Crippen molar-refractivity contribution in [1.29, 1.82) is 0 Å². The number of nitrogens with zero attached hydrogens (tertiary/aromatic N) is 1. The third-order valence-corrected chi connectivity index (χ3v) is 4.43. The van der Waals surface area contributed by atoms with E-state index in [1.165, 1.54) is 12.3 Å². The highest BCUT2D eigenvalue weighted by molar-refractivity contribution is 6.32. The highest BCUT2D eigenvalue weighted by atomic mass is 35.5. The first kappa shape index (κ1) is 27.2. The molecular formula is C22H28ClNO8. The van der Waals surface area contributed by atoms with Crippen molar-refractivity contribution in [2.24, 2.45) is 5.41 Å². The minimum Gasteiger partial charge on any atom is -0.466 e. The van der Waals surface area contributed by atoms with Crippen molar-refractivity contribution < 1.29 is 38.2 Å². The molecule has 0 amide bonds. The number of carbonyl (C=O) groups is 5. The van der Waals surface area contributed by atoms with Gasteiger partial charge in [-0.05, 0) is 46.6 Å². The quantitative estimate of drug-likeness (QED) is 0.208. The average Bonchev–Trinajstić information content (AvgIpc) is 2.67. The summed E-state index contributed by atoms with van der Waals surface area (Å²) < 4.78 is 15.1. The maximum atomic E-state index is 13.6. The minimum absolute atomic E-state index is 0.0381. The Hall–Kier alpha value is -2.81.